The van der Waals surface area contributed by atoms with Crippen LogP contribution < -0.4 is 5.32 Å². The van der Waals surface area contributed by atoms with Crippen LogP contribution in [-0.4, -0.2) is 37.0 Å². The average molecular weight is 558 g/mol. The smallest absolute Gasteiger partial charge is 0.251 e. The van der Waals surface area contributed by atoms with Crippen molar-refractivity contribution in [3.8, 4) is 11.1 Å². The van der Waals surface area contributed by atoms with Crippen molar-refractivity contribution in [3.05, 3.63) is 93.0 Å². The first-order valence-electron chi connectivity index (χ1n) is 13.0. The predicted molar refractivity (Wildman–Crippen MR) is 158 cm³/mol. The molecule has 1 saturated heterocycles. The van der Waals surface area contributed by atoms with Crippen LogP contribution in [0.1, 0.15) is 72.5 Å². The largest absolute Gasteiger partial charge is 0.352 e. The Labute approximate surface area is 237 Å². The van der Waals surface area contributed by atoms with Gasteiger partial charge in [-0.3, -0.25) is 4.79 Å². The Morgan fingerprint density at radius 1 is 0.946 bits per heavy atom. The number of amides is 1. The average Bonchev–Trinajstić information content (AvgIpc) is 3.12. The van der Waals surface area contributed by atoms with Crippen molar-refractivity contribution < 1.29 is 4.79 Å². The summed E-state index contributed by atoms with van der Waals surface area (Å²) in [5, 5.41) is 4.49. The highest BCUT2D eigenvalue weighted by molar-refractivity contribution is 6.42. The van der Waals surface area contributed by atoms with E-state index in [1.54, 1.807) is 0 Å². The standard InChI is InChI=1S/C31H34Cl2N2O.ClH/c1-31(2)26-10-4-3-8-24(26)25-13-12-22(20-27(25)31)30(36)34-16-5-6-17-35-18-14-21(15-19-35)23-9-7-11-28(32)29(23)33;/h3-4,7-13,20-21H,5-6,14-19H2,1-2H3,(H,34,36);1H. The molecule has 1 amide bonds. The number of likely N-dealkylation sites (tertiary alicyclic amines) is 1. The van der Waals surface area contributed by atoms with E-state index in [-0.39, 0.29) is 23.7 Å². The van der Waals surface area contributed by atoms with Gasteiger partial charge in [0, 0.05) is 17.5 Å². The van der Waals surface area contributed by atoms with Crippen LogP contribution in [0.5, 0.6) is 0 Å². The fourth-order valence-electron chi connectivity index (χ4n) is 5.91. The first-order valence-corrected chi connectivity index (χ1v) is 13.8. The summed E-state index contributed by atoms with van der Waals surface area (Å²) in [6, 6.07) is 20.7. The molecule has 1 N–H and O–H groups in total. The zero-order valence-corrected chi connectivity index (χ0v) is 23.9. The number of carbonyl (C=O) groups excluding carboxylic acids is 1. The Morgan fingerprint density at radius 3 is 2.46 bits per heavy atom. The molecule has 3 aromatic carbocycles. The van der Waals surface area contributed by atoms with Gasteiger partial charge in [0.25, 0.3) is 5.91 Å². The Bertz CT molecular complexity index is 1270. The van der Waals surface area contributed by atoms with Crippen LogP contribution in [0.25, 0.3) is 11.1 Å². The molecule has 0 unspecified atom stereocenters. The van der Waals surface area contributed by atoms with Gasteiger partial charge in [-0.05, 0) is 97.3 Å². The molecule has 0 spiro atoms. The Hall–Kier alpha value is -2.04. The van der Waals surface area contributed by atoms with Gasteiger partial charge in [0.15, 0.2) is 0 Å². The summed E-state index contributed by atoms with van der Waals surface area (Å²) in [4.78, 5) is 15.4. The maximum atomic E-state index is 12.9. The minimum absolute atomic E-state index is 0. The van der Waals surface area contributed by atoms with Crippen molar-refractivity contribution in [1.82, 2.24) is 10.2 Å². The number of unbranched alkanes of at least 4 members (excludes halogenated alkanes) is 1. The highest BCUT2D eigenvalue weighted by Gasteiger charge is 2.35. The van der Waals surface area contributed by atoms with E-state index in [4.69, 9.17) is 23.2 Å². The summed E-state index contributed by atoms with van der Waals surface area (Å²) in [7, 11) is 0. The molecular weight excluding hydrogens is 523 g/mol. The minimum Gasteiger partial charge on any atom is -0.352 e. The second-order valence-electron chi connectivity index (χ2n) is 10.7. The number of rotatable bonds is 7. The van der Waals surface area contributed by atoms with Gasteiger partial charge in [-0.25, -0.2) is 0 Å². The number of fused-ring (bicyclic) bond motifs is 3. The topological polar surface area (TPSA) is 32.3 Å². The van der Waals surface area contributed by atoms with Crippen LogP contribution in [0.2, 0.25) is 10.0 Å². The Morgan fingerprint density at radius 2 is 1.68 bits per heavy atom. The van der Waals surface area contributed by atoms with Crippen LogP contribution in [0.15, 0.2) is 60.7 Å². The summed E-state index contributed by atoms with van der Waals surface area (Å²) in [6.07, 6.45) is 4.27. The first-order chi connectivity index (χ1) is 17.4. The van der Waals surface area contributed by atoms with Crippen LogP contribution in [0, 0.1) is 0 Å². The van der Waals surface area contributed by atoms with Gasteiger partial charge in [0.1, 0.15) is 0 Å². The molecule has 0 atom stereocenters. The number of hydrogen-bond donors (Lipinski definition) is 1. The first kappa shape index (κ1) is 28.0. The fourth-order valence-corrected chi connectivity index (χ4v) is 6.38. The lowest BCUT2D eigenvalue weighted by Crippen LogP contribution is -2.34. The molecular formula is C31H35Cl3N2O. The zero-order chi connectivity index (χ0) is 25.3. The van der Waals surface area contributed by atoms with Crippen molar-refractivity contribution in [1.29, 1.82) is 0 Å². The van der Waals surface area contributed by atoms with Crippen LogP contribution >= 0.6 is 35.6 Å². The lowest BCUT2D eigenvalue weighted by Gasteiger charge is -2.32. The van der Waals surface area contributed by atoms with E-state index in [1.807, 2.05) is 18.2 Å². The number of nitrogens with one attached hydrogen (secondary N) is 1. The molecule has 2 aliphatic rings. The molecule has 0 bridgehead atoms. The number of halogens is 3. The SMILES string of the molecule is CC1(C)c2ccccc2-c2ccc(C(=O)NCCCCN3CCC(c4cccc(Cl)c4Cl)CC3)cc21.Cl. The third kappa shape index (κ3) is 5.71. The molecule has 0 radical (unpaired) electrons. The number of benzene rings is 3. The molecule has 37 heavy (non-hydrogen) atoms. The lowest BCUT2D eigenvalue weighted by molar-refractivity contribution is 0.0952. The molecule has 1 heterocycles. The zero-order valence-electron chi connectivity index (χ0n) is 21.5. The molecule has 6 heteroatoms. The minimum atomic E-state index is -0.0895. The molecule has 1 aliphatic heterocycles. The quantitative estimate of drug-likeness (QED) is 0.298. The second-order valence-corrected chi connectivity index (χ2v) is 11.4. The van der Waals surface area contributed by atoms with E-state index in [0.29, 0.717) is 22.5 Å². The van der Waals surface area contributed by atoms with E-state index in [2.05, 4.69) is 66.5 Å². The molecule has 1 fully saturated rings. The predicted octanol–water partition coefficient (Wildman–Crippen LogP) is 8.11. The summed E-state index contributed by atoms with van der Waals surface area (Å²) in [5.41, 5.74) is 6.93. The molecule has 196 valence electrons. The number of hydrogen-bond acceptors (Lipinski definition) is 2. The van der Waals surface area contributed by atoms with Crippen molar-refractivity contribution in [2.24, 2.45) is 0 Å². The van der Waals surface area contributed by atoms with Gasteiger partial charge in [-0.2, -0.15) is 0 Å². The highest BCUT2D eigenvalue weighted by Crippen LogP contribution is 2.48. The van der Waals surface area contributed by atoms with Crippen LogP contribution in [0.4, 0.5) is 0 Å². The second kappa shape index (κ2) is 11.8. The van der Waals surface area contributed by atoms with Crippen molar-refractivity contribution in [3.63, 3.8) is 0 Å². The fraction of sp³-hybridized carbons (Fsp3) is 0.387. The Balaban J connectivity index is 0.00000320. The van der Waals surface area contributed by atoms with Crippen molar-refractivity contribution in [2.75, 3.05) is 26.2 Å². The molecule has 0 aromatic heterocycles. The summed E-state index contributed by atoms with van der Waals surface area (Å²) >= 11 is 12.6. The Kier molecular flexibility index (Phi) is 8.91. The highest BCUT2D eigenvalue weighted by atomic mass is 35.5. The van der Waals surface area contributed by atoms with Gasteiger partial charge in [0.2, 0.25) is 0 Å². The molecule has 5 rings (SSSR count). The van der Waals surface area contributed by atoms with Crippen LogP contribution in [-0.2, 0) is 5.41 Å². The number of piperidine rings is 1. The summed E-state index contributed by atoms with van der Waals surface area (Å²) in [5.74, 6) is 0.501. The normalized spacial score (nSPS) is 16.5. The van der Waals surface area contributed by atoms with E-state index in [1.165, 1.54) is 27.8 Å². The van der Waals surface area contributed by atoms with Crippen LogP contribution in [0.3, 0.4) is 0 Å². The van der Waals surface area contributed by atoms with E-state index >= 15 is 0 Å². The van der Waals surface area contributed by atoms with Gasteiger partial charge < -0.3 is 10.2 Å². The third-order valence-corrected chi connectivity index (χ3v) is 8.87. The number of carbonyl (C=O) groups is 1. The summed E-state index contributed by atoms with van der Waals surface area (Å²) < 4.78 is 0. The number of nitrogens with zero attached hydrogens (tertiary/aromatic N) is 1. The van der Waals surface area contributed by atoms with E-state index in [9.17, 15) is 4.79 Å². The van der Waals surface area contributed by atoms with E-state index in [0.717, 1.165) is 50.9 Å². The van der Waals surface area contributed by atoms with Gasteiger partial charge in [-0.1, -0.05) is 79.5 Å². The van der Waals surface area contributed by atoms with Gasteiger partial charge in [0.05, 0.1) is 10.0 Å². The monoisotopic (exact) mass is 556 g/mol. The summed E-state index contributed by atoms with van der Waals surface area (Å²) in [6.45, 7) is 8.41. The van der Waals surface area contributed by atoms with E-state index < -0.39 is 0 Å². The maximum Gasteiger partial charge on any atom is 0.251 e. The van der Waals surface area contributed by atoms with Gasteiger partial charge >= 0.3 is 0 Å². The lowest BCUT2D eigenvalue weighted by atomic mass is 9.82. The third-order valence-electron chi connectivity index (χ3n) is 8.04. The maximum absolute atomic E-state index is 12.9. The molecule has 1 aliphatic carbocycles. The molecule has 3 nitrogen and oxygen atoms in total. The van der Waals surface area contributed by atoms with Crippen molar-refractivity contribution >= 4 is 41.5 Å². The van der Waals surface area contributed by atoms with Crippen molar-refractivity contribution in [2.45, 2.75) is 50.9 Å². The van der Waals surface area contributed by atoms with Gasteiger partial charge in [-0.15, -0.1) is 12.4 Å². The molecule has 3 aromatic rings. The molecule has 0 saturated carbocycles.